The summed E-state index contributed by atoms with van der Waals surface area (Å²) in [6.07, 6.45) is 5.92. The molecule has 0 unspecified atom stereocenters. The minimum absolute atomic E-state index is 0.00715. The highest BCUT2D eigenvalue weighted by Crippen LogP contribution is 2.28. The van der Waals surface area contributed by atoms with Crippen molar-refractivity contribution in [3.63, 3.8) is 0 Å². The Labute approximate surface area is 109 Å². The van der Waals surface area contributed by atoms with Gasteiger partial charge in [0.15, 0.2) is 5.78 Å². The quantitative estimate of drug-likeness (QED) is 0.761. The van der Waals surface area contributed by atoms with Crippen LogP contribution in [0.5, 0.6) is 0 Å². The van der Waals surface area contributed by atoms with Crippen LogP contribution in [0.25, 0.3) is 0 Å². The summed E-state index contributed by atoms with van der Waals surface area (Å²) < 4.78 is 5.87. The van der Waals surface area contributed by atoms with Gasteiger partial charge in [-0.2, -0.15) is 0 Å². The van der Waals surface area contributed by atoms with Crippen LogP contribution in [0.3, 0.4) is 0 Å². The first-order valence-electron chi connectivity index (χ1n) is 6.58. The van der Waals surface area contributed by atoms with E-state index in [0.717, 1.165) is 12.8 Å². The SMILES string of the molecule is C/C=C/C(=O)C[C@@H]1CC[C@@H](C)[C@@H](CC(=O)NC)O1. The Balaban J connectivity index is 2.49. The van der Waals surface area contributed by atoms with Gasteiger partial charge in [-0.25, -0.2) is 0 Å². The first kappa shape index (κ1) is 14.9. The molecule has 0 aromatic rings. The van der Waals surface area contributed by atoms with Crippen molar-refractivity contribution in [2.75, 3.05) is 7.05 Å². The van der Waals surface area contributed by atoms with E-state index in [2.05, 4.69) is 12.2 Å². The summed E-state index contributed by atoms with van der Waals surface area (Å²) in [5.74, 6) is 0.457. The summed E-state index contributed by atoms with van der Waals surface area (Å²) in [6, 6.07) is 0. The molecule has 0 aromatic heterocycles. The molecule has 1 saturated heterocycles. The summed E-state index contributed by atoms with van der Waals surface area (Å²) in [5, 5.41) is 2.61. The number of allylic oxidation sites excluding steroid dienone is 2. The van der Waals surface area contributed by atoms with E-state index in [1.165, 1.54) is 0 Å². The first-order chi connectivity index (χ1) is 8.56. The first-order valence-corrected chi connectivity index (χ1v) is 6.58. The van der Waals surface area contributed by atoms with E-state index in [4.69, 9.17) is 4.74 Å². The number of hydrogen-bond donors (Lipinski definition) is 1. The summed E-state index contributed by atoms with van der Waals surface area (Å²) in [4.78, 5) is 22.9. The van der Waals surface area contributed by atoms with Crippen LogP contribution in [0.15, 0.2) is 12.2 Å². The standard InChI is InChI=1S/C14H23NO3/c1-4-5-11(16)8-12-7-6-10(2)13(18-12)9-14(17)15-3/h4-5,10,12-13H,6-9H2,1-3H3,(H,15,17)/b5-4+/t10-,12+,13-/m1/s1. The number of carbonyl (C=O) groups excluding carboxylic acids is 2. The maximum Gasteiger partial charge on any atom is 0.222 e. The molecule has 18 heavy (non-hydrogen) atoms. The van der Waals surface area contributed by atoms with Crippen molar-refractivity contribution in [3.8, 4) is 0 Å². The molecular formula is C14H23NO3. The molecular weight excluding hydrogens is 230 g/mol. The van der Waals surface area contributed by atoms with Crippen molar-refractivity contribution >= 4 is 11.7 Å². The summed E-state index contributed by atoms with van der Waals surface area (Å²) >= 11 is 0. The number of rotatable bonds is 5. The second kappa shape index (κ2) is 7.31. The van der Waals surface area contributed by atoms with Gasteiger partial charge < -0.3 is 10.1 Å². The van der Waals surface area contributed by atoms with Gasteiger partial charge in [0, 0.05) is 13.5 Å². The average Bonchev–Trinajstić information content (AvgIpc) is 2.33. The predicted molar refractivity (Wildman–Crippen MR) is 70.2 cm³/mol. The zero-order chi connectivity index (χ0) is 13.5. The van der Waals surface area contributed by atoms with Crippen LogP contribution in [0.2, 0.25) is 0 Å². The van der Waals surface area contributed by atoms with E-state index in [9.17, 15) is 9.59 Å². The summed E-state index contributed by atoms with van der Waals surface area (Å²) in [7, 11) is 1.63. The van der Waals surface area contributed by atoms with Crippen LogP contribution in [-0.2, 0) is 14.3 Å². The molecule has 0 aromatic carbocycles. The third-order valence-electron chi connectivity index (χ3n) is 3.39. The molecule has 1 fully saturated rings. The lowest BCUT2D eigenvalue weighted by Gasteiger charge is -2.34. The van der Waals surface area contributed by atoms with E-state index in [1.54, 1.807) is 19.2 Å². The predicted octanol–water partition coefficient (Wildman–Crippen LogP) is 1.84. The van der Waals surface area contributed by atoms with Gasteiger partial charge in [0.05, 0.1) is 18.6 Å². The minimum atomic E-state index is -0.0675. The van der Waals surface area contributed by atoms with Crippen molar-refractivity contribution in [2.45, 2.75) is 51.7 Å². The van der Waals surface area contributed by atoms with Crippen LogP contribution >= 0.6 is 0 Å². The van der Waals surface area contributed by atoms with Crippen molar-refractivity contribution in [1.29, 1.82) is 0 Å². The van der Waals surface area contributed by atoms with E-state index in [-0.39, 0.29) is 23.9 Å². The molecule has 0 radical (unpaired) electrons. The molecule has 3 atom stereocenters. The van der Waals surface area contributed by atoms with Crippen LogP contribution in [0, 0.1) is 5.92 Å². The van der Waals surface area contributed by atoms with E-state index in [0.29, 0.717) is 18.8 Å². The topological polar surface area (TPSA) is 55.4 Å². The molecule has 1 N–H and O–H groups in total. The van der Waals surface area contributed by atoms with Gasteiger partial charge in [-0.05, 0) is 31.8 Å². The molecule has 1 rings (SSSR count). The Morgan fingerprint density at radius 3 is 2.67 bits per heavy atom. The fourth-order valence-corrected chi connectivity index (χ4v) is 2.25. The maximum atomic E-state index is 11.5. The fraction of sp³-hybridized carbons (Fsp3) is 0.714. The van der Waals surface area contributed by atoms with Gasteiger partial charge in [-0.1, -0.05) is 13.0 Å². The van der Waals surface area contributed by atoms with Crippen LogP contribution < -0.4 is 5.32 Å². The molecule has 0 aliphatic carbocycles. The van der Waals surface area contributed by atoms with Crippen molar-refractivity contribution < 1.29 is 14.3 Å². The summed E-state index contributed by atoms with van der Waals surface area (Å²) in [5.41, 5.74) is 0. The zero-order valence-electron chi connectivity index (χ0n) is 11.4. The van der Waals surface area contributed by atoms with Crippen molar-refractivity contribution in [2.24, 2.45) is 5.92 Å². The molecule has 102 valence electrons. The highest BCUT2D eigenvalue weighted by Gasteiger charge is 2.30. The Bertz CT molecular complexity index is 325. The normalized spacial score (nSPS) is 28.3. The van der Waals surface area contributed by atoms with Gasteiger partial charge in [0.1, 0.15) is 0 Å². The third kappa shape index (κ3) is 4.61. The van der Waals surface area contributed by atoms with Crippen LogP contribution in [0.1, 0.15) is 39.5 Å². The lowest BCUT2D eigenvalue weighted by molar-refractivity contribution is -0.133. The molecule has 0 bridgehead atoms. The highest BCUT2D eigenvalue weighted by molar-refractivity contribution is 5.89. The zero-order valence-corrected chi connectivity index (χ0v) is 11.4. The molecule has 4 nitrogen and oxygen atoms in total. The van der Waals surface area contributed by atoms with Crippen LogP contribution in [-0.4, -0.2) is 30.9 Å². The monoisotopic (exact) mass is 253 g/mol. The average molecular weight is 253 g/mol. The van der Waals surface area contributed by atoms with Gasteiger partial charge in [-0.15, -0.1) is 0 Å². The number of nitrogens with one attached hydrogen (secondary N) is 1. The molecule has 1 heterocycles. The summed E-state index contributed by atoms with van der Waals surface area (Å²) in [6.45, 7) is 3.92. The molecule has 0 saturated carbocycles. The van der Waals surface area contributed by atoms with Gasteiger partial charge >= 0.3 is 0 Å². The Kier molecular flexibility index (Phi) is 6.05. The number of ether oxygens (including phenoxy) is 1. The Morgan fingerprint density at radius 2 is 2.06 bits per heavy atom. The number of ketones is 1. The van der Waals surface area contributed by atoms with Gasteiger partial charge in [0.25, 0.3) is 0 Å². The second-order valence-corrected chi connectivity index (χ2v) is 4.90. The number of hydrogen-bond acceptors (Lipinski definition) is 3. The Hall–Kier alpha value is -1.16. The molecule has 1 aliphatic heterocycles. The van der Waals surface area contributed by atoms with Gasteiger partial charge in [0.2, 0.25) is 5.91 Å². The lowest BCUT2D eigenvalue weighted by Crippen LogP contribution is -2.38. The van der Waals surface area contributed by atoms with E-state index < -0.39 is 0 Å². The largest absolute Gasteiger partial charge is 0.374 e. The molecule has 0 spiro atoms. The lowest BCUT2D eigenvalue weighted by atomic mass is 9.90. The minimum Gasteiger partial charge on any atom is -0.374 e. The highest BCUT2D eigenvalue weighted by atomic mass is 16.5. The number of amides is 1. The second-order valence-electron chi connectivity index (χ2n) is 4.90. The van der Waals surface area contributed by atoms with Crippen molar-refractivity contribution in [1.82, 2.24) is 5.32 Å². The van der Waals surface area contributed by atoms with Crippen LogP contribution in [0.4, 0.5) is 0 Å². The molecule has 1 aliphatic rings. The third-order valence-corrected chi connectivity index (χ3v) is 3.39. The van der Waals surface area contributed by atoms with Crippen molar-refractivity contribution in [3.05, 3.63) is 12.2 Å². The Morgan fingerprint density at radius 1 is 1.33 bits per heavy atom. The maximum absolute atomic E-state index is 11.5. The smallest absolute Gasteiger partial charge is 0.222 e. The van der Waals surface area contributed by atoms with Gasteiger partial charge in [-0.3, -0.25) is 9.59 Å². The number of carbonyl (C=O) groups is 2. The fourth-order valence-electron chi connectivity index (χ4n) is 2.25. The van der Waals surface area contributed by atoms with E-state index >= 15 is 0 Å². The molecule has 1 amide bonds. The molecule has 4 heteroatoms. The van der Waals surface area contributed by atoms with E-state index in [1.807, 2.05) is 6.92 Å².